The van der Waals surface area contributed by atoms with Crippen LogP contribution in [0.5, 0.6) is 11.6 Å². The lowest BCUT2D eigenvalue weighted by atomic mass is 10.1. The average Bonchev–Trinajstić information content (AvgIpc) is 2.96. The molecule has 0 saturated carbocycles. The third-order valence-corrected chi connectivity index (χ3v) is 3.65. The van der Waals surface area contributed by atoms with Crippen molar-refractivity contribution in [1.82, 2.24) is 15.2 Å². The van der Waals surface area contributed by atoms with Crippen LogP contribution in [0.1, 0.15) is 16.8 Å². The van der Waals surface area contributed by atoms with Crippen molar-refractivity contribution in [2.24, 2.45) is 5.73 Å². The summed E-state index contributed by atoms with van der Waals surface area (Å²) in [5, 5.41) is 7.55. The Morgan fingerprint density at radius 3 is 2.76 bits per heavy atom. The number of H-pyrrole nitrogens is 1. The number of rotatable bonds is 6. The SMILES string of the molecule is NC(=O)OCc1n[nH]c(Oc2cccc(Cl)c2)c1Cc1ccncc1. The Kier molecular flexibility index (Phi) is 5.15. The molecule has 3 aromatic rings. The first-order valence-electron chi connectivity index (χ1n) is 7.42. The van der Waals surface area contributed by atoms with Gasteiger partial charge in [-0.15, -0.1) is 0 Å². The van der Waals surface area contributed by atoms with E-state index in [9.17, 15) is 4.79 Å². The van der Waals surface area contributed by atoms with Crippen molar-refractivity contribution in [1.29, 1.82) is 0 Å². The third kappa shape index (κ3) is 4.48. The standard InChI is InChI=1S/C17H15ClN4O3/c18-12-2-1-3-13(9-12)25-16-14(8-11-4-6-20-7-5-11)15(21-22-16)10-24-17(19)23/h1-7,9H,8,10H2,(H2,19,23)(H,21,22). The van der Waals surface area contributed by atoms with Crippen molar-refractivity contribution in [3.05, 3.63) is 70.6 Å². The number of nitrogens with zero attached hydrogens (tertiary/aromatic N) is 2. The topological polar surface area (TPSA) is 103 Å². The molecule has 2 heterocycles. The second-order valence-electron chi connectivity index (χ2n) is 5.18. The van der Waals surface area contributed by atoms with Crippen LogP contribution in [-0.4, -0.2) is 21.3 Å². The number of nitrogens with one attached hydrogen (secondary N) is 1. The number of nitrogens with two attached hydrogens (primary N) is 1. The number of aromatic nitrogens is 3. The minimum Gasteiger partial charge on any atom is -0.443 e. The van der Waals surface area contributed by atoms with Gasteiger partial charge < -0.3 is 15.2 Å². The van der Waals surface area contributed by atoms with Gasteiger partial charge in [-0.1, -0.05) is 17.7 Å². The lowest BCUT2D eigenvalue weighted by Gasteiger charge is -2.08. The number of benzene rings is 1. The van der Waals surface area contributed by atoms with E-state index in [0.717, 1.165) is 11.1 Å². The number of hydrogen-bond acceptors (Lipinski definition) is 5. The Morgan fingerprint density at radius 2 is 2.04 bits per heavy atom. The van der Waals surface area contributed by atoms with Gasteiger partial charge in [0.1, 0.15) is 18.1 Å². The van der Waals surface area contributed by atoms with Gasteiger partial charge in [0.2, 0.25) is 5.88 Å². The van der Waals surface area contributed by atoms with Crippen molar-refractivity contribution >= 4 is 17.7 Å². The van der Waals surface area contributed by atoms with Crippen LogP contribution in [0.25, 0.3) is 0 Å². The quantitative estimate of drug-likeness (QED) is 0.702. The van der Waals surface area contributed by atoms with Crippen molar-refractivity contribution in [2.45, 2.75) is 13.0 Å². The molecular formula is C17H15ClN4O3. The summed E-state index contributed by atoms with van der Waals surface area (Å²) in [6.45, 7) is -0.0504. The fourth-order valence-corrected chi connectivity index (χ4v) is 2.44. The number of aromatic amines is 1. The molecule has 7 nitrogen and oxygen atoms in total. The van der Waals surface area contributed by atoms with E-state index in [0.29, 0.717) is 28.8 Å². The van der Waals surface area contributed by atoms with E-state index < -0.39 is 6.09 Å². The molecule has 0 aliphatic rings. The van der Waals surface area contributed by atoms with Crippen LogP contribution in [0.2, 0.25) is 5.02 Å². The Labute approximate surface area is 148 Å². The lowest BCUT2D eigenvalue weighted by molar-refractivity contribution is 0.148. The van der Waals surface area contributed by atoms with Gasteiger partial charge in [-0.2, -0.15) is 5.10 Å². The number of carbonyl (C=O) groups excluding carboxylic acids is 1. The van der Waals surface area contributed by atoms with Gasteiger partial charge in [0.25, 0.3) is 0 Å². The van der Waals surface area contributed by atoms with Gasteiger partial charge in [-0.05, 0) is 35.9 Å². The summed E-state index contributed by atoms with van der Waals surface area (Å²) >= 11 is 5.99. The lowest BCUT2D eigenvalue weighted by Crippen LogP contribution is -2.13. The smallest absolute Gasteiger partial charge is 0.404 e. The molecular weight excluding hydrogens is 344 g/mol. The number of halogens is 1. The predicted octanol–water partition coefficient (Wildman–Crippen LogP) is 3.44. The van der Waals surface area contributed by atoms with Crippen LogP contribution in [0, 0.1) is 0 Å². The zero-order valence-corrected chi connectivity index (χ0v) is 13.9. The first-order chi connectivity index (χ1) is 12.1. The maximum atomic E-state index is 10.9. The second kappa shape index (κ2) is 7.67. The first kappa shape index (κ1) is 16.8. The molecule has 8 heteroatoms. The number of primary amides is 1. The van der Waals surface area contributed by atoms with Crippen molar-refractivity contribution in [2.75, 3.05) is 0 Å². The molecule has 0 aliphatic heterocycles. The molecule has 0 spiro atoms. The van der Waals surface area contributed by atoms with Crippen LogP contribution in [-0.2, 0) is 17.8 Å². The number of pyridine rings is 1. The predicted molar refractivity (Wildman–Crippen MR) is 91.5 cm³/mol. The van der Waals surface area contributed by atoms with Crippen molar-refractivity contribution < 1.29 is 14.3 Å². The monoisotopic (exact) mass is 358 g/mol. The number of hydrogen-bond donors (Lipinski definition) is 2. The van der Waals surface area contributed by atoms with Gasteiger partial charge in [0.15, 0.2) is 0 Å². The maximum absolute atomic E-state index is 10.9. The van der Waals surface area contributed by atoms with Crippen LogP contribution in [0.15, 0.2) is 48.8 Å². The molecule has 0 unspecified atom stereocenters. The van der Waals surface area contributed by atoms with E-state index in [2.05, 4.69) is 15.2 Å². The largest absolute Gasteiger partial charge is 0.443 e. The molecule has 2 aromatic heterocycles. The highest BCUT2D eigenvalue weighted by Crippen LogP contribution is 2.29. The maximum Gasteiger partial charge on any atom is 0.404 e. The van der Waals surface area contributed by atoms with Crippen molar-refractivity contribution in [3.8, 4) is 11.6 Å². The third-order valence-electron chi connectivity index (χ3n) is 3.41. The molecule has 0 bridgehead atoms. The Hall–Kier alpha value is -3.06. The number of carbonyl (C=O) groups is 1. The van der Waals surface area contributed by atoms with Gasteiger partial charge in [0.05, 0.1) is 0 Å². The zero-order valence-electron chi connectivity index (χ0n) is 13.1. The summed E-state index contributed by atoms with van der Waals surface area (Å²) in [5.74, 6) is 1.01. The Morgan fingerprint density at radius 1 is 1.24 bits per heavy atom. The zero-order chi connectivity index (χ0) is 17.6. The van der Waals surface area contributed by atoms with E-state index in [4.69, 9.17) is 26.8 Å². The molecule has 0 radical (unpaired) electrons. The van der Waals surface area contributed by atoms with Gasteiger partial charge in [0, 0.05) is 29.4 Å². The highest BCUT2D eigenvalue weighted by Gasteiger charge is 2.17. The van der Waals surface area contributed by atoms with Crippen LogP contribution in [0.3, 0.4) is 0 Å². The summed E-state index contributed by atoms with van der Waals surface area (Å²) < 4.78 is 10.7. The summed E-state index contributed by atoms with van der Waals surface area (Å²) in [5.41, 5.74) is 7.34. The second-order valence-corrected chi connectivity index (χ2v) is 5.61. The molecule has 0 fully saturated rings. The molecule has 0 saturated heterocycles. The highest BCUT2D eigenvalue weighted by atomic mass is 35.5. The van der Waals surface area contributed by atoms with Crippen LogP contribution in [0.4, 0.5) is 4.79 Å². The van der Waals surface area contributed by atoms with Crippen molar-refractivity contribution in [3.63, 3.8) is 0 Å². The highest BCUT2D eigenvalue weighted by molar-refractivity contribution is 6.30. The fraction of sp³-hybridized carbons (Fsp3) is 0.118. The first-order valence-corrected chi connectivity index (χ1v) is 7.80. The van der Waals surface area contributed by atoms with Crippen LogP contribution >= 0.6 is 11.6 Å². The molecule has 1 amide bonds. The fourth-order valence-electron chi connectivity index (χ4n) is 2.26. The van der Waals surface area contributed by atoms with E-state index in [-0.39, 0.29) is 6.61 Å². The summed E-state index contributed by atoms with van der Waals surface area (Å²) in [7, 11) is 0. The molecule has 0 atom stereocenters. The summed E-state index contributed by atoms with van der Waals surface area (Å²) in [4.78, 5) is 14.9. The minimum atomic E-state index is -0.866. The van der Waals surface area contributed by atoms with E-state index in [1.807, 2.05) is 12.1 Å². The molecule has 1 aromatic carbocycles. The minimum absolute atomic E-state index is 0.0504. The molecule has 3 N–H and O–H groups in total. The molecule has 128 valence electrons. The Bertz CT molecular complexity index is 867. The molecule has 25 heavy (non-hydrogen) atoms. The van der Waals surface area contributed by atoms with E-state index >= 15 is 0 Å². The Balaban J connectivity index is 1.89. The van der Waals surface area contributed by atoms with Gasteiger partial charge in [-0.3, -0.25) is 4.98 Å². The normalized spacial score (nSPS) is 10.4. The van der Waals surface area contributed by atoms with E-state index in [1.54, 1.807) is 36.7 Å². The summed E-state index contributed by atoms with van der Waals surface area (Å²) in [6.07, 6.45) is 3.06. The number of amides is 1. The summed E-state index contributed by atoms with van der Waals surface area (Å²) in [6, 6.07) is 10.8. The molecule has 3 rings (SSSR count). The van der Waals surface area contributed by atoms with Crippen LogP contribution < -0.4 is 10.5 Å². The average molecular weight is 359 g/mol. The molecule has 0 aliphatic carbocycles. The van der Waals surface area contributed by atoms with Gasteiger partial charge in [-0.25, -0.2) is 9.89 Å². The van der Waals surface area contributed by atoms with E-state index in [1.165, 1.54) is 0 Å². The van der Waals surface area contributed by atoms with Gasteiger partial charge >= 0.3 is 6.09 Å². The number of ether oxygens (including phenoxy) is 2.